The zero-order valence-electron chi connectivity index (χ0n) is 18.0. The number of benzene rings is 3. The second kappa shape index (κ2) is 6.65. The number of anilines is 1. The Bertz CT molecular complexity index is 1360. The van der Waals surface area contributed by atoms with Crippen molar-refractivity contribution in [2.45, 2.75) is 24.4 Å². The minimum Gasteiger partial charge on any atom is -0.299 e. The number of halogens is 3. The molecule has 3 aromatic carbocycles. The van der Waals surface area contributed by atoms with E-state index < -0.39 is 46.7 Å². The lowest BCUT2D eigenvalue weighted by molar-refractivity contribution is -0.137. The van der Waals surface area contributed by atoms with Crippen LogP contribution in [-0.2, 0) is 26.0 Å². The maximum atomic E-state index is 13.9. The third-order valence-electron chi connectivity index (χ3n) is 7.61. The summed E-state index contributed by atoms with van der Waals surface area (Å²) in [4.78, 5) is 42.0. The van der Waals surface area contributed by atoms with Crippen LogP contribution in [0.4, 0.5) is 18.9 Å². The average molecular weight is 461 g/mol. The summed E-state index contributed by atoms with van der Waals surface area (Å²) in [7, 11) is 0. The van der Waals surface area contributed by atoms with Gasteiger partial charge in [0.1, 0.15) is 5.78 Å². The highest BCUT2D eigenvalue weighted by molar-refractivity contribution is 6.25. The summed E-state index contributed by atoms with van der Waals surface area (Å²) in [5, 5.41) is 0. The van der Waals surface area contributed by atoms with Gasteiger partial charge >= 0.3 is 6.18 Å². The Morgan fingerprint density at radius 2 is 1.44 bits per heavy atom. The van der Waals surface area contributed by atoms with Crippen LogP contribution in [-0.4, -0.2) is 17.6 Å². The Morgan fingerprint density at radius 1 is 0.853 bits per heavy atom. The number of nitrogens with zero attached hydrogens (tertiary/aromatic N) is 1. The highest BCUT2D eigenvalue weighted by Crippen LogP contribution is 2.64. The highest BCUT2D eigenvalue weighted by atomic mass is 19.4. The molecule has 170 valence electrons. The fourth-order valence-electron chi connectivity index (χ4n) is 6.45. The molecule has 3 aliphatic carbocycles. The third kappa shape index (κ3) is 2.36. The van der Waals surface area contributed by atoms with Crippen LogP contribution < -0.4 is 4.90 Å². The van der Waals surface area contributed by atoms with Crippen LogP contribution in [0.3, 0.4) is 0 Å². The van der Waals surface area contributed by atoms with Crippen LogP contribution in [0.2, 0.25) is 0 Å². The van der Waals surface area contributed by atoms with Crippen molar-refractivity contribution in [1.82, 2.24) is 0 Å². The van der Waals surface area contributed by atoms with Crippen LogP contribution in [0.1, 0.15) is 40.7 Å². The van der Waals surface area contributed by atoms with E-state index in [0.717, 1.165) is 28.2 Å². The molecule has 0 saturated carbocycles. The van der Waals surface area contributed by atoms with Gasteiger partial charge in [-0.1, -0.05) is 54.6 Å². The van der Waals surface area contributed by atoms with Crippen molar-refractivity contribution in [3.63, 3.8) is 0 Å². The molecule has 3 aromatic rings. The fourth-order valence-corrected chi connectivity index (χ4v) is 6.45. The Kier molecular flexibility index (Phi) is 4.08. The van der Waals surface area contributed by atoms with E-state index in [-0.39, 0.29) is 11.5 Å². The molecule has 0 unspecified atom stereocenters. The molecule has 4 nitrogen and oxygen atoms in total. The molecule has 0 radical (unpaired) electrons. The van der Waals surface area contributed by atoms with E-state index in [1.54, 1.807) is 12.1 Å². The van der Waals surface area contributed by atoms with Crippen molar-refractivity contribution < 1.29 is 27.6 Å². The van der Waals surface area contributed by atoms with Gasteiger partial charge in [0.25, 0.3) is 0 Å². The molecule has 1 fully saturated rings. The predicted octanol–water partition coefficient (Wildman–Crippen LogP) is 4.85. The highest BCUT2D eigenvalue weighted by Gasteiger charge is 2.70. The maximum absolute atomic E-state index is 13.9. The maximum Gasteiger partial charge on any atom is 0.416 e. The Morgan fingerprint density at radius 3 is 2.00 bits per heavy atom. The van der Waals surface area contributed by atoms with Crippen molar-refractivity contribution in [1.29, 1.82) is 0 Å². The predicted molar refractivity (Wildman–Crippen MR) is 117 cm³/mol. The summed E-state index contributed by atoms with van der Waals surface area (Å²) in [6.07, 6.45) is -4.62. The molecule has 0 spiro atoms. The van der Waals surface area contributed by atoms with E-state index >= 15 is 0 Å². The van der Waals surface area contributed by atoms with Gasteiger partial charge < -0.3 is 0 Å². The number of rotatable bonds is 2. The summed E-state index contributed by atoms with van der Waals surface area (Å²) >= 11 is 0. The molecule has 1 aliphatic heterocycles. The second-order valence-electron chi connectivity index (χ2n) is 9.08. The van der Waals surface area contributed by atoms with E-state index in [1.807, 2.05) is 36.4 Å². The number of carbonyl (C=O) groups excluding carboxylic acids is 3. The van der Waals surface area contributed by atoms with Gasteiger partial charge in [0.2, 0.25) is 11.8 Å². The number of hydrogen-bond acceptors (Lipinski definition) is 3. The minimum atomic E-state index is -4.62. The van der Waals surface area contributed by atoms with Crippen molar-refractivity contribution in [3.8, 4) is 0 Å². The quantitative estimate of drug-likeness (QED) is 0.513. The first-order valence-corrected chi connectivity index (χ1v) is 10.9. The van der Waals surface area contributed by atoms with Gasteiger partial charge in [-0.2, -0.15) is 13.2 Å². The standard InChI is InChI=1S/C27H18F3NO3/c1-14(32)26-19-11-4-2-9-17(19)21(18-10-3-5-12-20(18)26)22-23(26)25(34)31(24(22)33)16-8-6-7-15(13-16)27(28,29)30/h2-13,21-23H,1H3/t21?,22-,23+,26?/m1/s1. The Balaban J connectivity index is 1.62. The minimum absolute atomic E-state index is 0.134. The van der Waals surface area contributed by atoms with Crippen LogP contribution in [0.5, 0.6) is 0 Å². The number of hydrogen-bond donors (Lipinski definition) is 0. The molecule has 0 aromatic heterocycles. The van der Waals surface area contributed by atoms with Gasteiger partial charge in [0.15, 0.2) is 0 Å². The molecule has 4 aliphatic rings. The number of alkyl halides is 3. The molecule has 2 atom stereocenters. The zero-order chi connectivity index (χ0) is 24.0. The van der Waals surface area contributed by atoms with Gasteiger partial charge in [-0.3, -0.25) is 14.4 Å². The lowest BCUT2D eigenvalue weighted by atomic mass is 9.46. The van der Waals surface area contributed by atoms with Crippen LogP contribution >= 0.6 is 0 Å². The molecule has 1 saturated heterocycles. The largest absolute Gasteiger partial charge is 0.416 e. The van der Waals surface area contributed by atoms with Gasteiger partial charge in [0.05, 0.1) is 28.5 Å². The van der Waals surface area contributed by atoms with E-state index in [0.29, 0.717) is 11.1 Å². The van der Waals surface area contributed by atoms with Crippen molar-refractivity contribution >= 4 is 23.3 Å². The molecule has 7 rings (SSSR count). The lowest BCUT2D eigenvalue weighted by Gasteiger charge is -2.52. The van der Waals surface area contributed by atoms with E-state index in [2.05, 4.69) is 0 Å². The Hall–Kier alpha value is -3.74. The number of Topliss-reactive ketones (excluding diaryl/α,β-unsaturated/α-hetero) is 1. The number of ketones is 1. The monoisotopic (exact) mass is 461 g/mol. The SMILES string of the molecule is CC(=O)C12c3ccccc3C(c3ccccc31)[C@H]1C(=O)N(c3cccc(C(F)(F)F)c3)C(=O)[C@H]12. The molecular weight excluding hydrogens is 443 g/mol. The number of imide groups is 1. The van der Waals surface area contributed by atoms with E-state index in [1.165, 1.54) is 19.1 Å². The van der Waals surface area contributed by atoms with Crippen LogP contribution in [0.15, 0.2) is 72.8 Å². The smallest absolute Gasteiger partial charge is 0.299 e. The van der Waals surface area contributed by atoms with Crippen molar-refractivity contribution in [2.75, 3.05) is 4.90 Å². The number of amides is 2. The lowest BCUT2D eigenvalue weighted by Crippen LogP contribution is -2.57. The summed E-state index contributed by atoms with van der Waals surface area (Å²) in [6.45, 7) is 1.42. The van der Waals surface area contributed by atoms with Gasteiger partial charge in [-0.05, 0) is 47.4 Å². The van der Waals surface area contributed by atoms with Crippen LogP contribution in [0.25, 0.3) is 0 Å². The second-order valence-corrected chi connectivity index (χ2v) is 9.08. The summed E-state index contributed by atoms with van der Waals surface area (Å²) in [5.74, 6) is -3.86. The summed E-state index contributed by atoms with van der Waals surface area (Å²) in [5.41, 5.74) is 0.547. The van der Waals surface area contributed by atoms with Crippen molar-refractivity contribution in [2.24, 2.45) is 11.8 Å². The molecule has 2 bridgehead atoms. The van der Waals surface area contributed by atoms with E-state index in [4.69, 9.17) is 0 Å². The van der Waals surface area contributed by atoms with Crippen molar-refractivity contribution in [3.05, 3.63) is 101 Å². The zero-order valence-corrected chi connectivity index (χ0v) is 18.0. The summed E-state index contributed by atoms with van der Waals surface area (Å²) in [6, 6.07) is 18.9. The van der Waals surface area contributed by atoms with Gasteiger partial charge in [0, 0.05) is 5.92 Å². The molecule has 2 amide bonds. The van der Waals surface area contributed by atoms with Gasteiger partial charge in [-0.15, -0.1) is 0 Å². The topological polar surface area (TPSA) is 54.5 Å². The first kappa shape index (κ1) is 20.8. The fraction of sp³-hybridized carbons (Fsp3) is 0.222. The first-order valence-electron chi connectivity index (χ1n) is 10.9. The Labute approximate surface area is 193 Å². The molecule has 0 N–H and O–H groups in total. The van der Waals surface area contributed by atoms with Gasteiger partial charge in [-0.25, -0.2) is 4.90 Å². The molecule has 7 heteroatoms. The molecule has 1 heterocycles. The van der Waals surface area contributed by atoms with Crippen LogP contribution in [0, 0.1) is 11.8 Å². The van der Waals surface area contributed by atoms with E-state index in [9.17, 15) is 27.6 Å². The molecular formula is C27H18F3NO3. The average Bonchev–Trinajstić information content (AvgIpc) is 3.09. The summed E-state index contributed by atoms with van der Waals surface area (Å²) < 4.78 is 40.1. The number of carbonyl (C=O) groups is 3. The third-order valence-corrected chi connectivity index (χ3v) is 7.61. The first-order chi connectivity index (χ1) is 16.2. The normalized spacial score (nSPS) is 26.8. The molecule has 34 heavy (non-hydrogen) atoms.